The number of rotatable bonds is 7. The number of piperidine rings is 1. The van der Waals surface area contributed by atoms with Crippen molar-refractivity contribution >= 4 is 22.8 Å². The van der Waals surface area contributed by atoms with Crippen molar-refractivity contribution in [2.24, 2.45) is 5.41 Å². The average Bonchev–Trinajstić information content (AvgIpc) is 3.36. The van der Waals surface area contributed by atoms with Gasteiger partial charge in [0.05, 0.1) is 17.2 Å². The Morgan fingerprint density at radius 2 is 2.08 bits per heavy atom. The lowest BCUT2D eigenvalue weighted by molar-refractivity contribution is 0.0717. The van der Waals surface area contributed by atoms with Gasteiger partial charge in [-0.3, -0.25) is 9.89 Å². The number of nitrogens with one attached hydrogen (secondary N) is 1. The molecule has 5 heterocycles. The number of amides is 1. The second-order valence-electron chi connectivity index (χ2n) is 10.3. The van der Waals surface area contributed by atoms with Gasteiger partial charge in [-0.2, -0.15) is 15.1 Å². The lowest BCUT2D eigenvalue weighted by atomic mass is 9.92. The van der Waals surface area contributed by atoms with Crippen LogP contribution < -0.4 is 9.64 Å². The molecule has 0 bridgehead atoms. The van der Waals surface area contributed by atoms with Crippen LogP contribution in [0.25, 0.3) is 11.0 Å². The molecule has 1 atom stereocenters. The molecule has 0 unspecified atom stereocenters. The van der Waals surface area contributed by atoms with Gasteiger partial charge in [0.25, 0.3) is 5.91 Å². The number of carbonyl (C=O) groups is 1. The van der Waals surface area contributed by atoms with Crippen LogP contribution in [0.4, 0.5) is 5.82 Å². The quantitative estimate of drug-likeness (QED) is 0.492. The van der Waals surface area contributed by atoms with E-state index >= 15 is 0 Å². The van der Waals surface area contributed by atoms with E-state index in [4.69, 9.17) is 20.9 Å². The highest BCUT2D eigenvalue weighted by molar-refractivity contribution is 5.93. The predicted octanol–water partition coefficient (Wildman–Crippen LogP) is 2.79. The number of nitrogens with zero attached hydrogens (tertiary/aromatic N) is 6. The van der Waals surface area contributed by atoms with Crippen LogP contribution in [0.3, 0.4) is 0 Å². The number of H-pyrrole nitrogens is 1. The standard InChI is InChI=1S/C27H31N7O3/c1-3-27(9-10-27)17-37-26-29-21(25(35)34-14-8-19(16-34)36-2)15-22(30-26)33-12-6-18(7-13-33)23-20-5-4-11-28-24(20)32-31-23/h1,4-5,11,15,18-19H,6-10,12-14,16-17H2,2H3,(H,28,31,32)/t19-/m1/s1. The molecule has 0 spiro atoms. The number of terminal acetylenes is 1. The van der Waals surface area contributed by atoms with Crippen molar-refractivity contribution in [2.45, 2.75) is 44.1 Å². The summed E-state index contributed by atoms with van der Waals surface area (Å²) in [7, 11) is 1.68. The summed E-state index contributed by atoms with van der Waals surface area (Å²) >= 11 is 0. The van der Waals surface area contributed by atoms with Crippen LogP contribution in [0.5, 0.6) is 6.01 Å². The maximum atomic E-state index is 13.4. The Morgan fingerprint density at radius 1 is 1.24 bits per heavy atom. The van der Waals surface area contributed by atoms with Gasteiger partial charge in [-0.15, -0.1) is 6.42 Å². The SMILES string of the molecule is C#CC1(COc2nc(C(=O)N3CC[C@@H](OC)C3)cc(N3CCC(c4n[nH]c5ncccc45)CC3)n2)CC1. The van der Waals surface area contributed by atoms with Gasteiger partial charge >= 0.3 is 6.01 Å². The minimum absolute atomic E-state index is 0.0543. The molecule has 6 rings (SSSR count). The van der Waals surface area contributed by atoms with Crippen molar-refractivity contribution in [3.05, 3.63) is 35.8 Å². The lowest BCUT2D eigenvalue weighted by Gasteiger charge is -2.32. The van der Waals surface area contributed by atoms with E-state index in [1.807, 2.05) is 6.07 Å². The van der Waals surface area contributed by atoms with Crippen LogP contribution in [0.2, 0.25) is 0 Å². The second kappa shape index (κ2) is 9.63. The summed E-state index contributed by atoms with van der Waals surface area (Å²) in [6.07, 6.45) is 12.0. The smallest absolute Gasteiger partial charge is 0.319 e. The van der Waals surface area contributed by atoms with Crippen LogP contribution in [0.15, 0.2) is 24.4 Å². The van der Waals surface area contributed by atoms with Gasteiger partial charge in [0.2, 0.25) is 0 Å². The molecule has 192 valence electrons. The van der Waals surface area contributed by atoms with Crippen molar-refractivity contribution in [1.29, 1.82) is 0 Å². The first-order chi connectivity index (χ1) is 18.1. The Morgan fingerprint density at radius 3 is 2.81 bits per heavy atom. The van der Waals surface area contributed by atoms with E-state index in [1.54, 1.807) is 24.3 Å². The van der Waals surface area contributed by atoms with Gasteiger partial charge in [0.1, 0.15) is 18.1 Å². The molecule has 10 nitrogen and oxygen atoms in total. The summed E-state index contributed by atoms with van der Waals surface area (Å²) in [6, 6.07) is 6.00. The Kier molecular flexibility index (Phi) is 6.16. The van der Waals surface area contributed by atoms with Gasteiger partial charge in [0, 0.05) is 56.9 Å². The second-order valence-corrected chi connectivity index (χ2v) is 10.3. The predicted molar refractivity (Wildman–Crippen MR) is 137 cm³/mol. The maximum absolute atomic E-state index is 13.4. The Labute approximate surface area is 215 Å². The minimum atomic E-state index is -0.232. The third-order valence-corrected chi connectivity index (χ3v) is 7.89. The van der Waals surface area contributed by atoms with Crippen molar-refractivity contribution in [3.63, 3.8) is 0 Å². The third kappa shape index (κ3) is 4.71. The molecule has 10 heteroatoms. The molecule has 1 amide bonds. The summed E-state index contributed by atoms with van der Waals surface area (Å²) in [4.78, 5) is 30.9. The molecule has 0 aromatic carbocycles. The highest BCUT2D eigenvalue weighted by atomic mass is 16.5. The summed E-state index contributed by atoms with van der Waals surface area (Å²) in [5.74, 6) is 3.73. The zero-order valence-electron chi connectivity index (χ0n) is 21.0. The van der Waals surface area contributed by atoms with Crippen molar-refractivity contribution in [3.8, 4) is 18.4 Å². The number of aromatic nitrogens is 5. The molecule has 3 aromatic rings. The zero-order valence-corrected chi connectivity index (χ0v) is 21.0. The molecule has 3 fully saturated rings. The first-order valence-electron chi connectivity index (χ1n) is 12.9. The molecular weight excluding hydrogens is 470 g/mol. The minimum Gasteiger partial charge on any atom is -0.462 e. The Balaban J connectivity index is 1.21. The van der Waals surface area contributed by atoms with E-state index < -0.39 is 0 Å². The molecule has 3 aromatic heterocycles. The summed E-state index contributed by atoms with van der Waals surface area (Å²) in [5.41, 5.74) is 1.99. The van der Waals surface area contributed by atoms with Gasteiger partial charge in [-0.05, 0) is 44.2 Å². The number of carbonyl (C=O) groups excluding carboxylic acids is 1. The lowest BCUT2D eigenvalue weighted by Crippen LogP contribution is -2.35. The van der Waals surface area contributed by atoms with Crippen LogP contribution in [0.1, 0.15) is 54.2 Å². The number of hydrogen-bond acceptors (Lipinski definition) is 8. The number of methoxy groups -OCH3 is 1. The largest absolute Gasteiger partial charge is 0.462 e. The normalized spacial score (nSPS) is 21.2. The average molecular weight is 502 g/mol. The number of anilines is 1. The fourth-order valence-corrected chi connectivity index (χ4v) is 5.27. The Hall–Kier alpha value is -3.71. The first kappa shape index (κ1) is 23.7. The highest BCUT2D eigenvalue weighted by Crippen LogP contribution is 2.45. The number of aromatic amines is 1. The molecule has 2 saturated heterocycles. The van der Waals surface area contributed by atoms with Gasteiger partial charge in [0.15, 0.2) is 5.65 Å². The number of ether oxygens (including phenoxy) is 2. The highest BCUT2D eigenvalue weighted by Gasteiger charge is 2.42. The third-order valence-electron chi connectivity index (χ3n) is 7.89. The van der Waals surface area contributed by atoms with Crippen molar-refractivity contribution in [2.75, 3.05) is 44.8 Å². The van der Waals surface area contributed by atoms with Crippen molar-refractivity contribution in [1.82, 2.24) is 30.0 Å². The number of pyridine rings is 1. The molecule has 2 aliphatic heterocycles. The monoisotopic (exact) mass is 501 g/mol. The summed E-state index contributed by atoms with van der Waals surface area (Å²) in [6.45, 7) is 3.13. The molecule has 0 radical (unpaired) electrons. The Bertz CT molecular complexity index is 1340. The van der Waals surface area contributed by atoms with Gasteiger partial charge < -0.3 is 19.3 Å². The van der Waals surface area contributed by atoms with E-state index in [-0.39, 0.29) is 23.4 Å². The number of likely N-dealkylation sites (tertiary alicyclic amines) is 1. The van der Waals surface area contributed by atoms with Crippen molar-refractivity contribution < 1.29 is 14.3 Å². The van der Waals surface area contributed by atoms with Crippen LogP contribution >= 0.6 is 0 Å². The van der Waals surface area contributed by atoms with Gasteiger partial charge in [-0.1, -0.05) is 5.92 Å². The van der Waals surface area contributed by atoms with E-state index in [9.17, 15) is 4.79 Å². The fourth-order valence-electron chi connectivity index (χ4n) is 5.27. The van der Waals surface area contributed by atoms with Crippen LogP contribution in [-0.2, 0) is 4.74 Å². The molecule has 1 aliphatic carbocycles. The first-order valence-corrected chi connectivity index (χ1v) is 12.9. The molecule has 1 N–H and O–H groups in total. The fraction of sp³-hybridized carbons (Fsp3) is 0.519. The number of fused-ring (bicyclic) bond motifs is 1. The zero-order chi connectivity index (χ0) is 25.4. The maximum Gasteiger partial charge on any atom is 0.319 e. The van der Waals surface area contributed by atoms with E-state index in [2.05, 4.69) is 37.1 Å². The van der Waals surface area contributed by atoms with Gasteiger partial charge in [-0.25, -0.2) is 4.98 Å². The number of hydrogen-bond donors (Lipinski definition) is 1. The van der Waals surface area contributed by atoms with Crippen LogP contribution in [0, 0.1) is 17.8 Å². The molecular formula is C27H31N7O3. The summed E-state index contributed by atoms with van der Waals surface area (Å²) in [5, 5.41) is 8.69. The summed E-state index contributed by atoms with van der Waals surface area (Å²) < 4.78 is 11.4. The van der Waals surface area contributed by atoms with E-state index in [0.717, 1.165) is 61.9 Å². The molecule has 3 aliphatic rings. The topological polar surface area (TPSA) is 109 Å². The molecule has 1 saturated carbocycles. The van der Waals surface area contributed by atoms with Crippen LogP contribution in [-0.4, -0.2) is 82.0 Å². The molecule has 37 heavy (non-hydrogen) atoms. The van der Waals surface area contributed by atoms with E-state index in [0.29, 0.717) is 37.1 Å². The van der Waals surface area contributed by atoms with E-state index in [1.165, 1.54) is 0 Å².